The molecule has 0 bridgehead atoms. The Bertz CT molecular complexity index is 434. The highest BCUT2D eigenvalue weighted by Gasteiger charge is 2.27. The van der Waals surface area contributed by atoms with Gasteiger partial charge in [-0.3, -0.25) is 0 Å². The van der Waals surface area contributed by atoms with E-state index >= 15 is 0 Å². The van der Waals surface area contributed by atoms with Gasteiger partial charge >= 0.3 is 0 Å². The number of rotatable bonds is 1. The number of aromatic nitrogens is 2. The summed E-state index contributed by atoms with van der Waals surface area (Å²) in [6.07, 6.45) is 0. The molecule has 94 valence electrons. The third kappa shape index (κ3) is 4.43. The molecule has 0 saturated carbocycles. The van der Waals surface area contributed by atoms with Crippen molar-refractivity contribution in [1.82, 2.24) is 14.9 Å². The molecule has 0 radical (unpaired) electrons. The van der Waals surface area contributed by atoms with Gasteiger partial charge in [-0.1, -0.05) is 34.8 Å². The Hall–Kier alpha value is -0.360. The summed E-state index contributed by atoms with van der Waals surface area (Å²) < 4.78 is 3.63. The van der Waals surface area contributed by atoms with E-state index in [-0.39, 0.29) is 16.9 Å². The van der Waals surface area contributed by atoms with E-state index < -0.39 is 3.79 Å². The van der Waals surface area contributed by atoms with Gasteiger partial charge in [-0.2, -0.15) is 4.98 Å². The summed E-state index contributed by atoms with van der Waals surface area (Å²) in [6.45, 7) is 1.74. The first kappa shape index (κ1) is 14.7. The van der Waals surface area contributed by atoms with E-state index in [4.69, 9.17) is 51.8 Å². The minimum atomic E-state index is -1.69. The predicted octanol–water partition coefficient (Wildman–Crippen LogP) is 2.84. The Labute approximate surface area is 120 Å². The van der Waals surface area contributed by atoms with Crippen LogP contribution in [-0.2, 0) is 3.79 Å². The number of alkyl halides is 3. The average Bonchev–Trinajstić information content (AvgIpc) is 2.15. The average molecular weight is 315 g/mol. The van der Waals surface area contributed by atoms with Crippen molar-refractivity contribution in [2.24, 2.45) is 0 Å². The fraction of sp³-hybridized carbons (Fsp3) is 0.444. The van der Waals surface area contributed by atoms with Gasteiger partial charge in [-0.15, -0.1) is 0 Å². The Morgan fingerprint density at radius 3 is 2.41 bits per heavy atom. The van der Waals surface area contributed by atoms with Gasteiger partial charge in [0.2, 0.25) is 9.67 Å². The Balaban J connectivity index is 3.02. The topological polar surface area (TPSA) is 38.2 Å². The standard InChI is InChI=1S/C9H10Cl3N3OS/c1-5-4-6(16-8(17)15(2)3)14-7(13-5)9(10,11)12/h4H,1-3H3. The summed E-state index contributed by atoms with van der Waals surface area (Å²) in [6, 6.07) is 1.61. The van der Waals surface area contributed by atoms with Gasteiger partial charge in [0, 0.05) is 25.9 Å². The van der Waals surface area contributed by atoms with Crippen LogP contribution in [0.4, 0.5) is 0 Å². The zero-order valence-corrected chi connectivity index (χ0v) is 12.5. The van der Waals surface area contributed by atoms with Crippen LogP contribution in [0.5, 0.6) is 5.88 Å². The van der Waals surface area contributed by atoms with Gasteiger partial charge in [-0.05, 0) is 19.1 Å². The second kappa shape index (κ2) is 5.52. The molecule has 1 aromatic rings. The molecular formula is C9H10Cl3N3OS. The van der Waals surface area contributed by atoms with Gasteiger partial charge in [0.05, 0.1) is 0 Å². The number of hydrogen-bond donors (Lipinski definition) is 0. The van der Waals surface area contributed by atoms with E-state index in [0.717, 1.165) is 0 Å². The Morgan fingerprint density at radius 1 is 1.35 bits per heavy atom. The molecule has 0 spiro atoms. The fourth-order valence-corrected chi connectivity index (χ4v) is 1.24. The lowest BCUT2D eigenvalue weighted by atomic mass is 10.4. The minimum Gasteiger partial charge on any atom is -0.413 e. The van der Waals surface area contributed by atoms with Crippen LogP contribution in [-0.4, -0.2) is 34.1 Å². The number of thiocarbonyl (C=S) groups is 1. The molecule has 0 saturated heterocycles. The van der Waals surface area contributed by atoms with Crippen molar-refractivity contribution in [3.63, 3.8) is 0 Å². The van der Waals surface area contributed by atoms with E-state index in [0.29, 0.717) is 5.69 Å². The highest BCUT2D eigenvalue weighted by atomic mass is 35.6. The fourth-order valence-electron chi connectivity index (χ4n) is 0.899. The normalized spacial score (nSPS) is 11.2. The lowest BCUT2D eigenvalue weighted by Crippen LogP contribution is -2.25. The maximum atomic E-state index is 5.71. The van der Waals surface area contributed by atoms with Crippen molar-refractivity contribution >= 4 is 52.2 Å². The van der Waals surface area contributed by atoms with E-state index in [1.165, 1.54) is 0 Å². The minimum absolute atomic E-state index is 0.0547. The van der Waals surface area contributed by atoms with Gasteiger partial charge in [0.25, 0.3) is 5.17 Å². The van der Waals surface area contributed by atoms with Crippen LogP contribution in [0, 0.1) is 6.92 Å². The smallest absolute Gasteiger partial charge is 0.265 e. The molecule has 1 rings (SSSR count). The molecule has 17 heavy (non-hydrogen) atoms. The molecule has 1 aromatic heterocycles. The predicted molar refractivity (Wildman–Crippen MR) is 72.9 cm³/mol. The van der Waals surface area contributed by atoms with Crippen LogP contribution in [0.1, 0.15) is 11.5 Å². The second-order valence-electron chi connectivity index (χ2n) is 3.43. The highest BCUT2D eigenvalue weighted by Crippen LogP contribution is 2.36. The lowest BCUT2D eigenvalue weighted by molar-refractivity contribution is 0.434. The maximum absolute atomic E-state index is 5.71. The van der Waals surface area contributed by atoms with Crippen LogP contribution in [0.15, 0.2) is 6.07 Å². The number of ether oxygens (including phenoxy) is 1. The van der Waals surface area contributed by atoms with Crippen LogP contribution in [0.25, 0.3) is 0 Å². The summed E-state index contributed by atoms with van der Waals surface area (Å²) in [5.41, 5.74) is 0.623. The SMILES string of the molecule is Cc1cc(OC(=S)N(C)C)nc(C(Cl)(Cl)Cl)n1. The number of nitrogens with zero attached hydrogens (tertiary/aromatic N) is 3. The molecule has 0 atom stereocenters. The van der Waals surface area contributed by atoms with Crippen molar-refractivity contribution < 1.29 is 4.74 Å². The molecule has 0 aliphatic carbocycles. The molecule has 0 N–H and O–H groups in total. The summed E-state index contributed by atoms with van der Waals surface area (Å²) in [4.78, 5) is 9.62. The molecule has 0 aliphatic heterocycles. The van der Waals surface area contributed by atoms with Crippen LogP contribution >= 0.6 is 47.0 Å². The molecule has 0 fully saturated rings. The van der Waals surface area contributed by atoms with Crippen molar-refractivity contribution in [3.05, 3.63) is 17.6 Å². The third-order valence-corrected chi connectivity index (χ3v) is 2.60. The summed E-state index contributed by atoms with van der Waals surface area (Å²) in [7, 11) is 3.51. The molecular weight excluding hydrogens is 305 g/mol. The van der Waals surface area contributed by atoms with Gasteiger partial charge in [0.15, 0.2) is 5.82 Å². The molecule has 4 nitrogen and oxygen atoms in total. The van der Waals surface area contributed by atoms with Gasteiger partial charge in [0.1, 0.15) is 0 Å². The molecule has 0 unspecified atom stereocenters. The van der Waals surface area contributed by atoms with Crippen LogP contribution < -0.4 is 4.74 Å². The van der Waals surface area contributed by atoms with Crippen molar-refractivity contribution in [2.45, 2.75) is 10.7 Å². The van der Waals surface area contributed by atoms with E-state index in [1.807, 2.05) is 0 Å². The molecule has 0 aromatic carbocycles. The summed E-state index contributed by atoms with van der Waals surface area (Å²) in [5.74, 6) is 0.302. The monoisotopic (exact) mass is 313 g/mol. The molecule has 8 heteroatoms. The van der Waals surface area contributed by atoms with Crippen molar-refractivity contribution in [3.8, 4) is 5.88 Å². The van der Waals surface area contributed by atoms with Gasteiger partial charge in [-0.25, -0.2) is 4.98 Å². The summed E-state index contributed by atoms with van der Waals surface area (Å²) >= 11 is 22.1. The second-order valence-corrected chi connectivity index (χ2v) is 6.06. The zero-order chi connectivity index (χ0) is 13.2. The third-order valence-electron chi connectivity index (χ3n) is 1.64. The number of halogens is 3. The number of aryl methyl sites for hydroxylation is 1. The highest BCUT2D eigenvalue weighted by molar-refractivity contribution is 7.80. The maximum Gasteiger partial charge on any atom is 0.265 e. The molecule has 1 heterocycles. The van der Waals surface area contributed by atoms with Crippen LogP contribution in [0.2, 0.25) is 0 Å². The molecule has 0 aliphatic rings. The van der Waals surface area contributed by atoms with Gasteiger partial charge < -0.3 is 9.64 Å². The first-order valence-corrected chi connectivity index (χ1v) is 6.06. The van der Waals surface area contributed by atoms with E-state index in [9.17, 15) is 0 Å². The van der Waals surface area contributed by atoms with Crippen LogP contribution in [0.3, 0.4) is 0 Å². The van der Waals surface area contributed by atoms with E-state index in [1.54, 1.807) is 32.0 Å². The largest absolute Gasteiger partial charge is 0.413 e. The van der Waals surface area contributed by atoms with E-state index in [2.05, 4.69) is 9.97 Å². The zero-order valence-electron chi connectivity index (χ0n) is 9.37. The first-order chi connectivity index (χ1) is 7.70. The Kier molecular flexibility index (Phi) is 4.77. The summed E-state index contributed by atoms with van der Waals surface area (Å²) in [5, 5.41) is 0.262. The van der Waals surface area contributed by atoms with Crippen molar-refractivity contribution in [2.75, 3.05) is 14.1 Å². The quantitative estimate of drug-likeness (QED) is 0.589. The Morgan fingerprint density at radius 2 is 1.94 bits per heavy atom. The lowest BCUT2D eigenvalue weighted by Gasteiger charge is -2.15. The van der Waals surface area contributed by atoms with Crippen molar-refractivity contribution in [1.29, 1.82) is 0 Å². The number of hydrogen-bond acceptors (Lipinski definition) is 4. The molecule has 0 amide bonds. The first-order valence-electron chi connectivity index (χ1n) is 4.52.